The molecule has 17 heavy (non-hydrogen) atoms. The number of hydrogen-bond donors (Lipinski definition) is 0. The third kappa shape index (κ3) is 2.26. The van der Waals surface area contributed by atoms with Crippen molar-refractivity contribution in [1.82, 2.24) is 20.0 Å². The van der Waals surface area contributed by atoms with Gasteiger partial charge in [-0.15, -0.1) is 0 Å². The van der Waals surface area contributed by atoms with Crippen LogP contribution in [0.4, 0.5) is 0 Å². The quantitative estimate of drug-likeness (QED) is 0.815. The van der Waals surface area contributed by atoms with Crippen LogP contribution in [0.15, 0.2) is 29.1 Å². The summed E-state index contributed by atoms with van der Waals surface area (Å²) in [6.45, 7) is 3.95. The fraction of sp³-hybridized carbons (Fsp3) is 0.273. The minimum Gasteiger partial charge on any atom is -0.287 e. The molecular formula is C11H11BrN4O. The molecule has 0 bridgehead atoms. The standard InChI is InChI=1S/C11H11BrN4O/c1-7(2)16-10(9(12)6-15-16)11(17)8-3-4-13-14-5-8/h3-7H,1-2H3. The number of ketones is 1. The van der Waals surface area contributed by atoms with Crippen LogP contribution in [0, 0.1) is 0 Å². The normalized spacial score (nSPS) is 10.8. The van der Waals surface area contributed by atoms with Crippen molar-refractivity contribution in [3.05, 3.63) is 40.4 Å². The SMILES string of the molecule is CC(C)n1ncc(Br)c1C(=O)c1ccnnc1. The first kappa shape index (κ1) is 11.9. The summed E-state index contributed by atoms with van der Waals surface area (Å²) in [5.74, 6) is -0.113. The topological polar surface area (TPSA) is 60.7 Å². The molecule has 0 aliphatic carbocycles. The van der Waals surface area contributed by atoms with Gasteiger partial charge < -0.3 is 0 Å². The average Bonchev–Trinajstić information content (AvgIpc) is 2.71. The Labute approximate surface area is 107 Å². The van der Waals surface area contributed by atoms with E-state index in [4.69, 9.17) is 0 Å². The highest BCUT2D eigenvalue weighted by Gasteiger charge is 2.20. The summed E-state index contributed by atoms with van der Waals surface area (Å²) < 4.78 is 2.38. The first-order valence-electron chi connectivity index (χ1n) is 5.15. The number of carbonyl (C=O) groups is 1. The molecule has 2 rings (SSSR count). The second-order valence-electron chi connectivity index (χ2n) is 3.84. The van der Waals surface area contributed by atoms with Crippen LogP contribution in [0.2, 0.25) is 0 Å². The Bertz CT molecular complexity index is 536. The van der Waals surface area contributed by atoms with Crippen molar-refractivity contribution in [2.45, 2.75) is 19.9 Å². The number of aromatic nitrogens is 4. The van der Waals surface area contributed by atoms with Crippen molar-refractivity contribution >= 4 is 21.7 Å². The minimum atomic E-state index is -0.113. The van der Waals surface area contributed by atoms with Crippen molar-refractivity contribution in [1.29, 1.82) is 0 Å². The van der Waals surface area contributed by atoms with Gasteiger partial charge in [-0.05, 0) is 35.8 Å². The number of carbonyl (C=O) groups excluding carboxylic acids is 1. The van der Waals surface area contributed by atoms with Crippen LogP contribution in [0.3, 0.4) is 0 Å². The summed E-state index contributed by atoms with van der Waals surface area (Å²) in [7, 11) is 0. The van der Waals surface area contributed by atoms with Gasteiger partial charge in [-0.1, -0.05) is 0 Å². The van der Waals surface area contributed by atoms with E-state index < -0.39 is 0 Å². The Morgan fingerprint density at radius 2 is 2.12 bits per heavy atom. The first-order chi connectivity index (χ1) is 8.11. The lowest BCUT2D eigenvalue weighted by atomic mass is 10.1. The van der Waals surface area contributed by atoms with Crippen LogP contribution in [0.25, 0.3) is 0 Å². The molecule has 0 atom stereocenters. The Morgan fingerprint density at radius 3 is 2.71 bits per heavy atom. The summed E-state index contributed by atoms with van der Waals surface area (Å²) in [5, 5.41) is 11.5. The average molecular weight is 295 g/mol. The third-order valence-corrected chi connectivity index (χ3v) is 2.88. The van der Waals surface area contributed by atoms with E-state index in [1.54, 1.807) is 16.9 Å². The van der Waals surface area contributed by atoms with Crippen LogP contribution in [0.1, 0.15) is 35.9 Å². The summed E-state index contributed by atoms with van der Waals surface area (Å²) in [6, 6.07) is 1.76. The maximum atomic E-state index is 12.3. The monoisotopic (exact) mass is 294 g/mol. The molecule has 0 amide bonds. The second-order valence-corrected chi connectivity index (χ2v) is 4.69. The van der Waals surface area contributed by atoms with Gasteiger partial charge in [0.2, 0.25) is 5.78 Å². The van der Waals surface area contributed by atoms with E-state index in [0.29, 0.717) is 15.7 Å². The van der Waals surface area contributed by atoms with E-state index in [1.165, 1.54) is 12.4 Å². The molecule has 6 heteroatoms. The van der Waals surface area contributed by atoms with Crippen LogP contribution in [-0.2, 0) is 0 Å². The van der Waals surface area contributed by atoms with E-state index >= 15 is 0 Å². The highest BCUT2D eigenvalue weighted by Crippen LogP contribution is 2.22. The molecule has 0 N–H and O–H groups in total. The first-order valence-corrected chi connectivity index (χ1v) is 5.95. The lowest BCUT2D eigenvalue weighted by Crippen LogP contribution is -2.14. The highest BCUT2D eigenvalue weighted by atomic mass is 79.9. The number of nitrogens with zero attached hydrogens (tertiary/aromatic N) is 4. The number of halogens is 1. The molecule has 0 radical (unpaired) electrons. The van der Waals surface area contributed by atoms with Crippen molar-refractivity contribution in [2.24, 2.45) is 0 Å². The maximum Gasteiger partial charge on any atom is 0.213 e. The van der Waals surface area contributed by atoms with Crippen LogP contribution >= 0.6 is 15.9 Å². The van der Waals surface area contributed by atoms with E-state index in [0.717, 1.165) is 0 Å². The van der Waals surface area contributed by atoms with Gasteiger partial charge in [0.25, 0.3) is 0 Å². The molecular weight excluding hydrogens is 284 g/mol. The molecule has 2 heterocycles. The molecule has 2 aromatic rings. The van der Waals surface area contributed by atoms with Gasteiger partial charge in [-0.25, -0.2) is 0 Å². The smallest absolute Gasteiger partial charge is 0.213 e. The van der Waals surface area contributed by atoms with Crippen LogP contribution < -0.4 is 0 Å². The molecule has 5 nitrogen and oxygen atoms in total. The predicted molar refractivity (Wildman–Crippen MR) is 65.8 cm³/mol. The fourth-order valence-corrected chi connectivity index (χ4v) is 1.96. The third-order valence-electron chi connectivity index (χ3n) is 2.30. The Kier molecular flexibility index (Phi) is 3.33. The number of hydrogen-bond acceptors (Lipinski definition) is 4. The molecule has 0 saturated heterocycles. The van der Waals surface area contributed by atoms with Gasteiger partial charge >= 0.3 is 0 Å². The van der Waals surface area contributed by atoms with Crippen LogP contribution in [0.5, 0.6) is 0 Å². The largest absolute Gasteiger partial charge is 0.287 e. The van der Waals surface area contributed by atoms with Gasteiger partial charge in [0.05, 0.1) is 23.1 Å². The Morgan fingerprint density at radius 1 is 1.35 bits per heavy atom. The molecule has 0 aromatic carbocycles. The zero-order valence-electron chi connectivity index (χ0n) is 9.46. The molecule has 0 aliphatic heterocycles. The van der Waals surface area contributed by atoms with Crippen LogP contribution in [-0.4, -0.2) is 25.8 Å². The van der Waals surface area contributed by atoms with Gasteiger partial charge in [-0.3, -0.25) is 9.48 Å². The fourth-order valence-electron chi connectivity index (χ4n) is 1.51. The summed E-state index contributed by atoms with van der Waals surface area (Å²) >= 11 is 3.34. The van der Waals surface area contributed by atoms with Crippen molar-refractivity contribution in [2.75, 3.05) is 0 Å². The molecule has 0 fully saturated rings. The number of rotatable bonds is 3. The van der Waals surface area contributed by atoms with Crippen molar-refractivity contribution in [3.8, 4) is 0 Å². The van der Waals surface area contributed by atoms with Gasteiger partial charge in [-0.2, -0.15) is 15.3 Å². The molecule has 0 unspecified atom stereocenters. The Hall–Kier alpha value is -1.56. The maximum absolute atomic E-state index is 12.3. The van der Waals surface area contributed by atoms with E-state index in [2.05, 4.69) is 31.2 Å². The van der Waals surface area contributed by atoms with Gasteiger partial charge in [0.15, 0.2) is 0 Å². The zero-order valence-corrected chi connectivity index (χ0v) is 11.0. The summed E-state index contributed by atoms with van der Waals surface area (Å²) in [4.78, 5) is 12.3. The van der Waals surface area contributed by atoms with Gasteiger partial charge in [0, 0.05) is 11.6 Å². The van der Waals surface area contributed by atoms with Gasteiger partial charge in [0.1, 0.15) is 5.69 Å². The molecule has 2 aromatic heterocycles. The second kappa shape index (κ2) is 4.75. The highest BCUT2D eigenvalue weighted by molar-refractivity contribution is 9.10. The van der Waals surface area contributed by atoms with E-state index in [-0.39, 0.29) is 11.8 Å². The molecule has 0 saturated carbocycles. The Balaban J connectivity index is 2.48. The summed E-state index contributed by atoms with van der Waals surface area (Å²) in [5.41, 5.74) is 1.04. The minimum absolute atomic E-state index is 0.113. The van der Waals surface area contributed by atoms with Crippen molar-refractivity contribution in [3.63, 3.8) is 0 Å². The lowest BCUT2D eigenvalue weighted by Gasteiger charge is -2.10. The van der Waals surface area contributed by atoms with E-state index in [9.17, 15) is 4.79 Å². The molecule has 0 spiro atoms. The molecule has 0 aliphatic rings. The zero-order chi connectivity index (χ0) is 12.4. The summed E-state index contributed by atoms with van der Waals surface area (Å²) in [6.07, 6.45) is 4.57. The lowest BCUT2D eigenvalue weighted by molar-refractivity contribution is 0.102. The van der Waals surface area contributed by atoms with E-state index in [1.807, 2.05) is 13.8 Å². The predicted octanol–water partition coefficient (Wildman–Crippen LogP) is 2.25. The molecule has 88 valence electrons. The van der Waals surface area contributed by atoms with Crippen molar-refractivity contribution < 1.29 is 4.79 Å².